The summed E-state index contributed by atoms with van der Waals surface area (Å²) in [6.45, 7) is 2.01. The van der Waals surface area contributed by atoms with Crippen LogP contribution in [0.3, 0.4) is 0 Å². The van der Waals surface area contributed by atoms with Crippen molar-refractivity contribution in [3.63, 3.8) is 0 Å². The lowest BCUT2D eigenvalue weighted by Crippen LogP contribution is -2.13. The van der Waals surface area contributed by atoms with Gasteiger partial charge in [0.25, 0.3) is 5.56 Å². The summed E-state index contributed by atoms with van der Waals surface area (Å²) < 4.78 is 10.6. The lowest BCUT2D eigenvalue weighted by molar-refractivity contribution is -0.116. The smallest absolute Gasteiger partial charge is 0.251 e. The second-order valence-electron chi connectivity index (χ2n) is 6.32. The predicted molar refractivity (Wildman–Crippen MR) is 98.8 cm³/mol. The van der Waals surface area contributed by atoms with E-state index < -0.39 is 0 Å². The molecular weight excluding hydrogens is 332 g/mol. The van der Waals surface area contributed by atoms with E-state index in [0.717, 1.165) is 22.4 Å². The molecule has 6 heteroatoms. The number of hydrogen-bond donors (Lipinski definition) is 2. The summed E-state index contributed by atoms with van der Waals surface area (Å²) in [5.74, 6) is 1.37. The van der Waals surface area contributed by atoms with Gasteiger partial charge in [-0.2, -0.15) is 0 Å². The summed E-state index contributed by atoms with van der Waals surface area (Å²) >= 11 is 0. The SMILES string of the molecule is Cc1cc2ccc(NC(=O)CCc3ccc4c(c3)OCO4)cc2[nH]c1=O. The molecule has 0 aliphatic carbocycles. The maximum atomic E-state index is 12.2. The molecular formula is C20H18N2O4. The molecule has 0 atom stereocenters. The standard InChI is InChI=1S/C20H18N2O4/c1-12-8-14-4-5-15(10-16(14)22-20(12)24)21-19(23)7-3-13-2-6-17-18(9-13)26-11-25-17/h2,4-6,8-10H,3,7,11H2,1H3,(H,21,23)(H,22,24). The van der Waals surface area contributed by atoms with Gasteiger partial charge in [0.1, 0.15) is 0 Å². The number of amides is 1. The molecule has 26 heavy (non-hydrogen) atoms. The number of rotatable bonds is 4. The van der Waals surface area contributed by atoms with Crippen LogP contribution in [0.15, 0.2) is 47.3 Å². The molecule has 2 heterocycles. The summed E-state index contributed by atoms with van der Waals surface area (Å²) in [5, 5.41) is 3.80. The van der Waals surface area contributed by atoms with E-state index in [-0.39, 0.29) is 18.3 Å². The first-order valence-electron chi connectivity index (χ1n) is 8.40. The quantitative estimate of drug-likeness (QED) is 0.757. The van der Waals surface area contributed by atoms with Gasteiger partial charge in [0, 0.05) is 17.7 Å². The van der Waals surface area contributed by atoms with Crippen LogP contribution in [-0.2, 0) is 11.2 Å². The lowest BCUT2D eigenvalue weighted by atomic mass is 10.1. The highest BCUT2D eigenvalue weighted by molar-refractivity contribution is 5.93. The molecule has 0 fully saturated rings. The van der Waals surface area contributed by atoms with Gasteiger partial charge in [-0.05, 0) is 54.6 Å². The second-order valence-corrected chi connectivity index (χ2v) is 6.32. The fraction of sp³-hybridized carbons (Fsp3) is 0.200. The molecule has 1 aliphatic rings. The Balaban J connectivity index is 1.42. The first-order valence-corrected chi connectivity index (χ1v) is 8.40. The number of carbonyl (C=O) groups excluding carboxylic acids is 1. The predicted octanol–water partition coefficient (Wildman–Crippen LogP) is 3.14. The molecule has 2 aromatic carbocycles. The van der Waals surface area contributed by atoms with E-state index in [0.29, 0.717) is 29.6 Å². The van der Waals surface area contributed by atoms with Crippen LogP contribution >= 0.6 is 0 Å². The van der Waals surface area contributed by atoms with Gasteiger partial charge in [-0.1, -0.05) is 12.1 Å². The molecule has 1 aromatic heterocycles. The zero-order valence-corrected chi connectivity index (χ0v) is 14.3. The van der Waals surface area contributed by atoms with Crippen molar-refractivity contribution < 1.29 is 14.3 Å². The van der Waals surface area contributed by atoms with Gasteiger partial charge in [-0.15, -0.1) is 0 Å². The minimum Gasteiger partial charge on any atom is -0.454 e. The minimum atomic E-state index is -0.121. The first-order chi connectivity index (χ1) is 12.6. The van der Waals surface area contributed by atoms with Crippen molar-refractivity contribution in [3.05, 3.63) is 63.9 Å². The van der Waals surface area contributed by atoms with Gasteiger partial charge in [-0.25, -0.2) is 0 Å². The first kappa shape index (κ1) is 16.2. The normalized spacial score (nSPS) is 12.3. The average Bonchev–Trinajstić information content (AvgIpc) is 3.09. The third kappa shape index (κ3) is 3.26. The molecule has 0 bridgehead atoms. The Morgan fingerprint density at radius 2 is 1.96 bits per heavy atom. The van der Waals surface area contributed by atoms with Crippen LogP contribution in [0.1, 0.15) is 17.5 Å². The maximum absolute atomic E-state index is 12.2. The molecule has 3 aromatic rings. The number of aromatic nitrogens is 1. The van der Waals surface area contributed by atoms with Crippen molar-refractivity contribution in [1.82, 2.24) is 4.98 Å². The van der Waals surface area contributed by atoms with Gasteiger partial charge in [-0.3, -0.25) is 9.59 Å². The van der Waals surface area contributed by atoms with Crippen molar-refractivity contribution in [1.29, 1.82) is 0 Å². The van der Waals surface area contributed by atoms with Crippen LogP contribution in [0.25, 0.3) is 10.9 Å². The van der Waals surface area contributed by atoms with Crippen molar-refractivity contribution >= 4 is 22.5 Å². The van der Waals surface area contributed by atoms with Crippen molar-refractivity contribution in [2.24, 2.45) is 0 Å². The second kappa shape index (κ2) is 6.55. The fourth-order valence-electron chi connectivity index (χ4n) is 2.97. The van der Waals surface area contributed by atoms with E-state index >= 15 is 0 Å². The number of nitrogens with one attached hydrogen (secondary N) is 2. The topological polar surface area (TPSA) is 80.4 Å². The molecule has 2 N–H and O–H groups in total. The molecule has 6 nitrogen and oxygen atoms in total. The van der Waals surface area contributed by atoms with Crippen LogP contribution in [-0.4, -0.2) is 17.7 Å². The highest BCUT2D eigenvalue weighted by Crippen LogP contribution is 2.32. The van der Waals surface area contributed by atoms with E-state index in [1.54, 1.807) is 13.0 Å². The van der Waals surface area contributed by atoms with Crippen molar-refractivity contribution in [2.75, 3.05) is 12.1 Å². The molecule has 0 saturated heterocycles. The van der Waals surface area contributed by atoms with Crippen molar-refractivity contribution in [3.8, 4) is 11.5 Å². The Morgan fingerprint density at radius 3 is 2.85 bits per heavy atom. The van der Waals surface area contributed by atoms with Gasteiger partial charge in [0.15, 0.2) is 11.5 Å². The molecule has 132 valence electrons. The summed E-state index contributed by atoms with van der Waals surface area (Å²) in [4.78, 5) is 26.8. The van der Waals surface area contributed by atoms with E-state index in [4.69, 9.17) is 9.47 Å². The van der Waals surface area contributed by atoms with Gasteiger partial charge < -0.3 is 19.8 Å². The number of H-pyrrole nitrogens is 1. The summed E-state index contributed by atoms with van der Waals surface area (Å²) in [6.07, 6.45) is 0.953. The number of carbonyl (C=O) groups is 1. The highest BCUT2D eigenvalue weighted by Gasteiger charge is 2.13. The Hall–Kier alpha value is -3.28. The molecule has 4 rings (SSSR count). The van der Waals surface area contributed by atoms with Gasteiger partial charge in [0.05, 0.1) is 5.52 Å². The maximum Gasteiger partial charge on any atom is 0.251 e. The zero-order chi connectivity index (χ0) is 18.1. The Morgan fingerprint density at radius 1 is 1.12 bits per heavy atom. The third-order valence-corrected chi connectivity index (χ3v) is 4.39. The van der Waals surface area contributed by atoms with E-state index in [2.05, 4.69) is 10.3 Å². The summed E-state index contributed by atoms with van der Waals surface area (Å²) in [7, 11) is 0. The number of anilines is 1. The molecule has 0 spiro atoms. The van der Waals surface area contributed by atoms with Gasteiger partial charge >= 0.3 is 0 Å². The largest absolute Gasteiger partial charge is 0.454 e. The average molecular weight is 350 g/mol. The Kier molecular flexibility index (Phi) is 4.08. The number of hydrogen-bond acceptors (Lipinski definition) is 4. The lowest BCUT2D eigenvalue weighted by Gasteiger charge is -2.07. The molecule has 1 aliphatic heterocycles. The van der Waals surface area contributed by atoms with E-state index in [9.17, 15) is 9.59 Å². The van der Waals surface area contributed by atoms with Crippen LogP contribution in [0.4, 0.5) is 5.69 Å². The highest BCUT2D eigenvalue weighted by atomic mass is 16.7. The van der Waals surface area contributed by atoms with Crippen LogP contribution in [0, 0.1) is 6.92 Å². The number of fused-ring (bicyclic) bond motifs is 2. The third-order valence-electron chi connectivity index (χ3n) is 4.39. The van der Waals surface area contributed by atoms with Crippen molar-refractivity contribution in [2.45, 2.75) is 19.8 Å². The van der Waals surface area contributed by atoms with Crippen LogP contribution in [0.2, 0.25) is 0 Å². The summed E-state index contributed by atoms with van der Waals surface area (Å²) in [6, 6.07) is 13.0. The minimum absolute atomic E-state index is 0.0866. The van der Waals surface area contributed by atoms with Crippen LogP contribution < -0.4 is 20.3 Å². The molecule has 0 radical (unpaired) electrons. The number of aromatic amines is 1. The Labute approximate surface area is 149 Å². The van der Waals surface area contributed by atoms with E-state index in [1.807, 2.05) is 36.4 Å². The molecule has 0 unspecified atom stereocenters. The Bertz CT molecular complexity index is 1060. The fourth-order valence-corrected chi connectivity index (χ4v) is 2.97. The molecule has 1 amide bonds. The number of ether oxygens (including phenoxy) is 2. The van der Waals surface area contributed by atoms with Crippen LogP contribution in [0.5, 0.6) is 11.5 Å². The number of benzene rings is 2. The zero-order valence-electron chi connectivity index (χ0n) is 14.3. The van der Waals surface area contributed by atoms with Gasteiger partial charge in [0.2, 0.25) is 12.7 Å². The number of pyridine rings is 1. The summed E-state index contributed by atoms with van der Waals surface area (Å²) in [5.41, 5.74) is 2.92. The monoisotopic (exact) mass is 350 g/mol. The molecule has 0 saturated carbocycles. The number of aryl methyl sites for hydroxylation is 2. The van der Waals surface area contributed by atoms with E-state index in [1.165, 1.54) is 0 Å².